The van der Waals surface area contributed by atoms with Crippen molar-refractivity contribution < 1.29 is 9.15 Å². The fraction of sp³-hybridized carbons (Fsp3) is 0.500. The van der Waals surface area contributed by atoms with Crippen LogP contribution in [-0.4, -0.2) is 62.8 Å². The molecule has 2 rings (SSSR count). The second-order valence-corrected chi connectivity index (χ2v) is 6.28. The predicted molar refractivity (Wildman–Crippen MR) is 109 cm³/mol. The quantitative estimate of drug-likeness (QED) is 0.358. The molecule has 0 saturated carbocycles. The van der Waals surface area contributed by atoms with E-state index in [4.69, 9.17) is 9.15 Å². The zero-order valence-corrected chi connectivity index (χ0v) is 16.6. The van der Waals surface area contributed by atoms with E-state index in [0.29, 0.717) is 12.4 Å². The maximum atomic E-state index is 5.56. The lowest BCUT2D eigenvalue weighted by atomic mass is 10.2. The highest BCUT2D eigenvalue weighted by molar-refractivity contribution is 5.79. The van der Waals surface area contributed by atoms with Gasteiger partial charge in [0.25, 0.3) is 0 Å². The van der Waals surface area contributed by atoms with Gasteiger partial charge in [0.15, 0.2) is 5.96 Å². The summed E-state index contributed by atoms with van der Waals surface area (Å²) in [7, 11) is 3.83. The highest BCUT2D eigenvalue weighted by Crippen LogP contribution is 2.18. The van der Waals surface area contributed by atoms with E-state index in [1.807, 2.05) is 30.3 Å². The Morgan fingerprint density at radius 1 is 1.22 bits per heavy atom. The molecule has 1 heterocycles. The number of rotatable bonds is 11. The van der Waals surface area contributed by atoms with Crippen LogP contribution in [0.15, 0.2) is 46.0 Å². The van der Waals surface area contributed by atoms with Gasteiger partial charge in [-0.25, -0.2) is 9.98 Å². The van der Waals surface area contributed by atoms with E-state index in [-0.39, 0.29) is 0 Å². The highest BCUT2D eigenvalue weighted by atomic mass is 16.5. The number of nitrogens with one attached hydrogen (secondary N) is 2. The van der Waals surface area contributed by atoms with Crippen LogP contribution in [0.1, 0.15) is 19.0 Å². The number of guanidine groups is 1. The summed E-state index contributed by atoms with van der Waals surface area (Å²) < 4.78 is 10.7. The Morgan fingerprint density at radius 3 is 2.78 bits per heavy atom. The van der Waals surface area contributed by atoms with Crippen molar-refractivity contribution in [2.45, 2.75) is 19.9 Å². The first-order chi connectivity index (χ1) is 13.2. The van der Waals surface area contributed by atoms with Crippen LogP contribution in [-0.2, 0) is 11.3 Å². The van der Waals surface area contributed by atoms with E-state index in [1.54, 1.807) is 13.4 Å². The van der Waals surface area contributed by atoms with Gasteiger partial charge < -0.3 is 24.7 Å². The van der Waals surface area contributed by atoms with E-state index in [1.165, 1.54) is 0 Å². The number of benzene rings is 1. The topological polar surface area (TPSA) is 74.9 Å². The van der Waals surface area contributed by atoms with Crippen molar-refractivity contribution in [2.24, 2.45) is 4.99 Å². The first kappa shape index (κ1) is 20.9. The SMILES string of the molecule is CCNC(=NCc1coc(-c2ccccc2)n1)NCCCN(C)CCOC. The summed E-state index contributed by atoms with van der Waals surface area (Å²) in [5.41, 5.74) is 1.78. The van der Waals surface area contributed by atoms with E-state index in [0.717, 1.165) is 56.4 Å². The van der Waals surface area contributed by atoms with Crippen LogP contribution in [0.4, 0.5) is 0 Å². The van der Waals surface area contributed by atoms with Gasteiger partial charge in [-0.2, -0.15) is 0 Å². The summed E-state index contributed by atoms with van der Waals surface area (Å²) in [6, 6.07) is 9.87. The monoisotopic (exact) mass is 373 g/mol. The first-order valence-corrected chi connectivity index (χ1v) is 9.42. The van der Waals surface area contributed by atoms with E-state index >= 15 is 0 Å². The van der Waals surface area contributed by atoms with E-state index in [9.17, 15) is 0 Å². The van der Waals surface area contributed by atoms with Crippen LogP contribution >= 0.6 is 0 Å². The Bertz CT molecular complexity index is 672. The zero-order chi connectivity index (χ0) is 19.3. The second kappa shape index (κ2) is 12.1. The molecule has 2 aromatic rings. The Kier molecular flexibility index (Phi) is 9.37. The molecule has 0 spiro atoms. The van der Waals surface area contributed by atoms with Crippen LogP contribution in [0.2, 0.25) is 0 Å². The third kappa shape index (κ3) is 7.80. The molecule has 0 amide bonds. The third-order valence-corrected chi connectivity index (χ3v) is 4.00. The van der Waals surface area contributed by atoms with Crippen LogP contribution < -0.4 is 10.6 Å². The minimum Gasteiger partial charge on any atom is -0.444 e. The Morgan fingerprint density at radius 2 is 2.04 bits per heavy atom. The second-order valence-electron chi connectivity index (χ2n) is 6.28. The Balaban J connectivity index is 1.80. The molecule has 0 aliphatic rings. The number of hydrogen-bond acceptors (Lipinski definition) is 5. The van der Waals surface area contributed by atoms with Gasteiger partial charge in [0.1, 0.15) is 12.0 Å². The van der Waals surface area contributed by atoms with Gasteiger partial charge in [-0.1, -0.05) is 18.2 Å². The third-order valence-electron chi connectivity index (χ3n) is 4.00. The molecule has 0 fully saturated rings. The fourth-order valence-electron chi connectivity index (χ4n) is 2.51. The summed E-state index contributed by atoms with van der Waals surface area (Å²) in [5, 5.41) is 6.62. The number of oxazole rings is 1. The smallest absolute Gasteiger partial charge is 0.226 e. The number of methoxy groups -OCH3 is 1. The summed E-state index contributed by atoms with van der Waals surface area (Å²) in [6.45, 7) is 6.92. The molecule has 148 valence electrons. The molecule has 7 nitrogen and oxygen atoms in total. The van der Waals surface area contributed by atoms with Crippen molar-refractivity contribution in [1.29, 1.82) is 0 Å². The van der Waals surface area contributed by atoms with E-state index < -0.39 is 0 Å². The molecule has 2 N–H and O–H groups in total. The number of ether oxygens (including phenoxy) is 1. The minimum absolute atomic E-state index is 0.472. The maximum Gasteiger partial charge on any atom is 0.226 e. The summed E-state index contributed by atoms with van der Waals surface area (Å²) >= 11 is 0. The highest BCUT2D eigenvalue weighted by Gasteiger charge is 2.06. The molecule has 0 saturated heterocycles. The van der Waals surface area contributed by atoms with Crippen LogP contribution in [0.3, 0.4) is 0 Å². The molecular weight excluding hydrogens is 342 g/mol. The molecule has 7 heteroatoms. The van der Waals surface area contributed by atoms with Gasteiger partial charge in [0, 0.05) is 32.3 Å². The zero-order valence-electron chi connectivity index (χ0n) is 16.6. The van der Waals surface area contributed by atoms with Crippen LogP contribution in [0.25, 0.3) is 11.5 Å². The van der Waals surface area contributed by atoms with Crippen LogP contribution in [0.5, 0.6) is 0 Å². The van der Waals surface area contributed by atoms with Crippen molar-refractivity contribution in [2.75, 3.05) is 46.9 Å². The van der Waals surface area contributed by atoms with Gasteiger partial charge in [0.2, 0.25) is 5.89 Å². The summed E-state index contributed by atoms with van der Waals surface area (Å²) in [5.74, 6) is 1.42. The number of aliphatic imine (C=N–C) groups is 1. The maximum absolute atomic E-state index is 5.56. The van der Waals surface area contributed by atoms with Crippen molar-refractivity contribution in [3.05, 3.63) is 42.3 Å². The number of aromatic nitrogens is 1. The Hall–Kier alpha value is -2.38. The van der Waals surface area contributed by atoms with Gasteiger partial charge >= 0.3 is 0 Å². The predicted octanol–water partition coefficient (Wildman–Crippen LogP) is 2.37. The molecule has 0 bridgehead atoms. The molecular formula is C20H31N5O2. The van der Waals surface area contributed by atoms with E-state index in [2.05, 4.69) is 39.5 Å². The van der Waals surface area contributed by atoms with Gasteiger partial charge in [-0.15, -0.1) is 0 Å². The minimum atomic E-state index is 0.472. The Labute approximate surface area is 161 Å². The fourth-order valence-corrected chi connectivity index (χ4v) is 2.51. The first-order valence-electron chi connectivity index (χ1n) is 9.42. The lowest BCUT2D eigenvalue weighted by Crippen LogP contribution is -2.38. The average Bonchev–Trinajstić information content (AvgIpc) is 3.17. The van der Waals surface area contributed by atoms with Gasteiger partial charge in [0.05, 0.1) is 13.2 Å². The largest absolute Gasteiger partial charge is 0.444 e. The van der Waals surface area contributed by atoms with Gasteiger partial charge in [-0.3, -0.25) is 0 Å². The van der Waals surface area contributed by atoms with Gasteiger partial charge in [-0.05, 0) is 39.1 Å². The molecule has 1 aromatic heterocycles. The lowest BCUT2D eigenvalue weighted by molar-refractivity contribution is 0.161. The van der Waals surface area contributed by atoms with Crippen molar-refractivity contribution in [1.82, 2.24) is 20.5 Å². The standard InChI is InChI=1S/C20H31N5O2/c1-4-21-20(22-11-8-12-25(2)13-14-26-3)23-15-18-16-27-19(24-18)17-9-6-5-7-10-17/h5-7,9-10,16H,4,8,11-15H2,1-3H3,(H2,21,22,23). The molecule has 0 radical (unpaired) electrons. The molecule has 0 aliphatic heterocycles. The number of nitrogens with zero attached hydrogens (tertiary/aromatic N) is 3. The molecule has 1 aromatic carbocycles. The lowest BCUT2D eigenvalue weighted by Gasteiger charge is -2.16. The van der Waals surface area contributed by atoms with Crippen molar-refractivity contribution in [3.63, 3.8) is 0 Å². The molecule has 0 unspecified atom stereocenters. The number of likely N-dealkylation sites (N-methyl/N-ethyl adjacent to an activating group) is 1. The summed E-state index contributed by atoms with van der Waals surface area (Å²) in [4.78, 5) is 11.4. The number of hydrogen-bond donors (Lipinski definition) is 2. The van der Waals surface area contributed by atoms with Crippen molar-refractivity contribution in [3.8, 4) is 11.5 Å². The van der Waals surface area contributed by atoms with Crippen molar-refractivity contribution >= 4 is 5.96 Å². The van der Waals surface area contributed by atoms with Crippen LogP contribution in [0, 0.1) is 0 Å². The molecule has 0 atom stereocenters. The average molecular weight is 374 g/mol. The summed E-state index contributed by atoms with van der Waals surface area (Å²) in [6.07, 6.45) is 2.70. The normalized spacial score (nSPS) is 11.8. The molecule has 0 aliphatic carbocycles. The molecule has 27 heavy (non-hydrogen) atoms.